The van der Waals surface area contributed by atoms with Crippen molar-refractivity contribution in [1.29, 1.82) is 0 Å². The van der Waals surface area contributed by atoms with Crippen molar-refractivity contribution in [2.75, 3.05) is 13.2 Å². The number of carbonyl (C=O) groups is 2. The van der Waals surface area contributed by atoms with Crippen molar-refractivity contribution in [3.05, 3.63) is 0 Å². The monoisotopic (exact) mass is 285 g/mol. The second kappa shape index (κ2) is 8.95. The Morgan fingerprint density at radius 3 is 2.60 bits per heavy atom. The molecule has 0 bridgehead atoms. The van der Waals surface area contributed by atoms with Crippen LogP contribution in [-0.2, 0) is 14.3 Å². The molecule has 1 amide bonds. The zero-order chi connectivity index (χ0) is 15.0. The molecule has 1 aliphatic heterocycles. The van der Waals surface area contributed by atoms with E-state index < -0.39 is 5.97 Å². The quantitative estimate of drug-likeness (QED) is 0.744. The van der Waals surface area contributed by atoms with E-state index in [0.717, 1.165) is 25.9 Å². The minimum atomic E-state index is -0.809. The number of carboxylic acid groups (broad SMARTS) is 1. The van der Waals surface area contributed by atoms with Gasteiger partial charge >= 0.3 is 5.97 Å². The summed E-state index contributed by atoms with van der Waals surface area (Å²) in [5.41, 5.74) is 0. The Hall–Kier alpha value is -1.10. The molecule has 1 aliphatic rings. The molecule has 1 saturated heterocycles. The third kappa shape index (κ3) is 6.37. The number of amides is 1. The lowest BCUT2D eigenvalue weighted by molar-refractivity contribution is -0.138. The van der Waals surface area contributed by atoms with Crippen molar-refractivity contribution in [3.8, 4) is 0 Å². The molecule has 116 valence electrons. The van der Waals surface area contributed by atoms with Crippen LogP contribution in [0.1, 0.15) is 58.8 Å². The number of carboxylic acids is 1. The summed E-state index contributed by atoms with van der Waals surface area (Å²) in [5, 5.41) is 8.66. The zero-order valence-electron chi connectivity index (χ0n) is 12.6. The molecular formula is C15H27NO4. The van der Waals surface area contributed by atoms with E-state index in [0.29, 0.717) is 19.4 Å². The van der Waals surface area contributed by atoms with Crippen molar-refractivity contribution >= 4 is 11.9 Å². The Morgan fingerprint density at radius 2 is 2.05 bits per heavy atom. The molecular weight excluding hydrogens is 258 g/mol. The maximum atomic E-state index is 12.2. The molecule has 0 spiro atoms. The van der Waals surface area contributed by atoms with Crippen molar-refractivity contribution < 1.29 is 19.4 Å². The average Bonchev–Trinajstić information content (AvgIpc) is 2.41. The second-order valence-corrected chi connectivity index (χ2v) is 5.71. The van der Waals surface area contributed by atoms with E-state index >= 15 is 0 Å². The minimum Gasteiger partial charge on any atom is -0.481 e. The first-order valence-corrected chi connectivity index (χ1v) is 7.63. The van der Waals surface area contributed by atoms with Crippen molar-refractivity contribution in [1.82, 2.24) is 4.90 Å². The molecule has 0 aromatic heterocycles. The van der Waals surface area contributed by atoms with Crippen LogP contribution in [0.4, 0.5) is 0 Å². The number of hydrogen-bond acceptors (Lipinski definition) is 3. The number of carbonyl (C=O) groups excluding carboxylic acids is 1. The molecule has 5 nitrogen and oxygen atoms in total. The molecule has 0 aliphatic carbocycles. The van der Waals surface area contributed by atoms with E-state index in [1.165, 1.54) is 6.42 Å². The minimum absolute atomic E-state index is 0.111. The fraction of sp³-hybridized carbons (Fsp3) is 0.867. The van der Waals surface area contributed by atoms with Crippen LogP contribution >= 0.6 is 0 Å². The number of hydrogen-bond donors (Lipinski definition) is 1. The van der Waals surface area contributed by atoms with Crippen LogP contribution in [0.5, 0.6) is 0 Å². The van der Waals surface area contributed by atoms with Gasteiger partial charge in [0.2, 0.25) is 5.91 Å². The van der Waals surface area contributed by atoms with Crippen LogP contribution in [0.15, 0.2) is 0 Å². The van der Waals surface area contributed by atoms with Crippen LogP contribution in [0.2, 0.25) is 0 Å². The largest absolute Gasteiger partial charge is 0.481 e. The summed E-state index contributed by atoms with van der Waals surface area (Å²) >= 11 is 0. The molecule has 1 atom stereocenters. The Bertz CT molecular complexity index is 311. The molecule has 1 N–H and O–H groups in total. The zero-order valence-corrected chi connectivity index (χ0v) is 12.6. The van der Waals surface area contributed by atoms with Crippen LogP contribution in [-0.4, -0.2) is 47.2 Å². The summed E-state index contributed by atoms with van der Waals surface area (Å²) in [5.74, 6) is -0.698. The molecule has 0 aromatic rings. The highest BCUT2D eigenvalue weighted by Crippen LogP contribution is 2.18. The third-order valence-electron chi connectivity index (χ3n) is 3.69. The first-order valence-electron chi connectivity index (χ1n) is 7.63. The maximum absolute atomic E-state index is 12.2. The summed E-state index contributed by atoms with van der Waals surface area (Å²) in [6.45, 7) is 5.27. The predicted octanol–water partition coefficient (Wildman–Crippen LogP) is 2.44. The van der Waals surface area contributed by atoms with E-state index in [2.05, 4.69) is 0 Å². The van der Waals surface area contributed by atoms with E-state index in [4.69, 9.17) is 9.84 Å². The van der Waals surface area contributed by atoms with Crippen LogP contribution in [0, 0.1) is 0 Å². The first kappa shape index (κ1) is 17.0. The SMILES string of the molecule is CC(C)N(CCCC(=O)O)C(=O)CCC1CCCCO1. The fourth-order valence-corrected chi connectivity index (χ4v) is 2.53. The highest BCUT2D eigenvalue weighted by Gasteiger charge is 2.20. The van der Waals surface area contributed by atoms with Gasteiger partial charge in [-0.3, -0.25) is 9.59 Å². The molecule has 1 heterocycles. The molecule has 20 heavy (non-hydrogen) atoms. The van der Waals surface area contributed by atoms with Gasteiger partial charge in [-0.2, -0.15) is 0 Å². The van der Waals surface area contributed by atoms with E-state index in [-0.39, 0.29) is 24.5 Å². The number of aliphatic carboxylic acids is 1. The second-order valence-electron chi connectivity index (χ2n) is 5.71. The van der Waals surface area contributed by atoms with Crippen LogP contribution in [0.3, 0.4) is 0 Å². The van der Waals surface area contributed by atoms with Gasteiger partial charge < -0.3 is 14.7 Å². The van der Waals surface area contributed by atoms with E-state index in [1.807, 2.05) is 13.8 Å². The summed E-state index contributed by atoms with van der Waals surface area (Å²) < 4.78 is 5.63. The molecule has 1 rings (SSSR count). The molecule has 0 aromatic carbocycles. The lowest BCUT2D eigenvalue weighted by atomic mass is 10.0. The molecule has 1 fully saturated rings. The Kier molecular flexibility index (Phi) is 7.59. The molecule has 1 unspecified atom stereocenters. The summed E-state index contributed by atoms with van der Waals surface area (Å²) in [6, 6.07) is 0.114. The molecule has 5 heteroatoms. The van der Waals surface area contributed by atoms with E-state index in [1.54, 1.807) is 4.90 Å². The van der Waals surface area contributed by atoms with E-state index in [9.17, 15) is 9.59 Å². The summed E-state index contributed by atoms with van der Waals surface area (Å²) in [6.07, 6.45) is 5.48. The fourth-order valence-electron chi connectivity index (χ4n) is 2.53. The van der Waals surface area contributed by atoms with Gasteiger partial charge in [0, 0.05) is 32.0 Å². The highest BCUT2D eigenvalue weighted by atomic mass is 16.5. The Balaban J connectivity index is 2.32. The first-order chi connectivity index (χ1) is 9.50. The van der Waals surface area contributed by atoms with Gasteiger partial charge in [-0.15, -0.1) is 0 Å². The number of nitrogens with zero attached hydrogens (tertiary/aromatic N) is 1. The summed E-state index contributed by atoms with van der Waals surface area (Å²) in [7, 11) is 0. The number of ether oxygens (including phenoxy) is 1. The highest BCUT2D eigenvalue weighted by molar-refractivity contribution is 5.76. The number of rotatable bonds is 8. The molecule has 0 saturated carbocycles. The third-order valence-corrected chi connectivity index (χ3v) is 3.69. The Labute approximate surface area is 121 Å². The smallest absolute Gasteiger partial charge is 0.303 e. The maximum Gasteiger partial charge on any atom is 0.303 e. The topological polar surface area (TPSA) is 66.8 Å². The molecule has 0 radical (unpaired) electrons. The van der Waals surface area contributed by atoms with Crippen molar-refractivity contribution in [2.24, 2.45) is 0 Å². The predicted molar refractivity (Wildman–Crippen MR) is 76.5 cm³/mol. The van der Waals surface area contributed by atoms with Gasteiger partial charge in [0.25, 0.3) is 0 Å². The lowest BCUT2D eigenvalue weighted by Crippen LogP contribution is -2.38. The van der Waals surface area contributed by atoms with Gasteiger partial charge in [0.1, 0.15) is 0 Å². The van der Waals surface area contributed by atoms with Gasteiger partial charge in [-0.05, 0) is 46.0 Å². The summed E-state index contributed by atoms with van der Waals surface area (Å²) in [4.78, 5) is 24.5. The lowest BCUT2D eigenvalue weighted by Gasteiger charge is -2.28. The van der Waals surface area contributed by atoms with Crippen LogP contribution < -0.4 is 0 Å². The van der Waals surface area contributed by atoms with Gasteiger partial charge in [0.15, 0.2) is 0 Å². The van der Waals surface area contributed by atoms with Crippen molar-refractivity contribution in [3.63, 3.8) is 0 Å². The van der Waals surface area contributed by atoms with Crippen molar-refractivity contribution in [2.45, 2.75) is 70.9 Å². The van der Waals surface area contributed by atoms with Crippen LogP contribution in [0.25, 0.3) is 0 Å². The standard InChI is InChI=1S/C15H27NO4/c1-12(2)16(10-5-7-15(18)19)14(17)9-8-13-6-3-4-11-20-13/h12-13H,3-11H2,1-2H3,(H,18,19). The van der Waals surface area contributed by atoms with Gasteiger partial charge in [-0.25, -0.2) is 0 Å². The van der Waals surface area contributed by atoms with Gasteiger partial charge in [0.05, 0.1) is 6.10 Å². The van der Waals surface area contributed by atoms with Gasteiger partial charge in [-0.1, -0.05) is 0 Å². The average molecular weight is 285 g/mol. The Morgan fingerprint density at radius 1 is 1.30 bits per heavy atom. The normalized spacial score (nSPS) is 19.1.